The highest BCUT2D eigenvalue weighted by Gasteiger charge is 2.27. The molecule has 0 spiro atoms. The van der Waals surface area contributed by atoms with E-state index in [1.165, 1.54) is 10.2 Å². The number of anilines is 1. The molecule has 1 fully saturated rings. The first kappa shape index (κ1) is 20.4. The third-order valence-corrected chi connectivity index (χ3v) is 5.33. The maximum absolute atomic E-state index is 12.0. The number of likely N-dealkylation sites (tertiary alicyclic amines) is 1. The van der Waals surface area contributed by atoms with Gasteiger partial charge in [0, 0.05) is 26.2 Å². The molecule has 1 saturated heterocycles. The van der Waals surface area contributed by atoms with Crippen LogP contribution in [-0.2, 0) is 11.8 Å². The van der Waals surface area contributed by atoms with E-state index in [9.17, 15) is 9.59 Å². The van der Waals surface area contributed by atoms with Crippen LogP contribution in [0.4, 0.5) is 5.69 Å². The zero-order chi connectivity index (χ0) is 20.3. The number of hydrogen-bond donors (Lipinski definition) is 1. The van der Waals surface area contributed by atoms with Crippen molar-refractivity contribution < 1.29 is 9.53 Å². The van der Waals surface area contributed by atoms with Crippen LogP contribution in [0.1, 0.15) is 35.2 Å². The molecule has 1 unspecified atom stereocenters. The Bertz CT molecular complexity index is 897. The topological polar surface area (TPSA) is 76.5 Å². The van der Waals surface area contributed by atoms with Crippen LogP contribution < -0.4 is 10.9 Å². The second-order valence-electron chi connectivity index (χ2n) is 7.14. The highest BCUT2D eigenvalue weighted by molar-refractivity contribution is 6.32. The Morgan fingerprint density at radius 2 is 2.00 bits per heavy atom. The number of likely N-dealkylation sites (N-methyl/N-ethyl adjacent to an activating group) is 1. The molecule has 1 aliphatic rings. The Morgan fingerprint density at radius 3 is 2.68 bits per heavy atom. The normalized spacial score (nSPS) is 20.0. The molecule has 1 N–H and O–H groups in total. The first-order chi connectivity index (χ1) is 13.4. The van der Waals surface area contributed by atoms with Crippen LogP contribution >= 0.6 is 11.6 Å². The van der Waals surface area contributed by atoms with Gasteiger partial charge in [-0.15, -0.1) is 0 Å². The second kappa shape index (κ2) is 8.75. The maximum atomic E-state index is 12.0. The van der Waals surface area contributed by atoms with Crippen molar-refractivity contribution in [1.82, 2.24) is 14.7 Å². The van der Waals surface area contributed by atoms with Crippen LogP contribution in [0.2, 0.25) is 5.02 Å². The van der Waals surface area contributed by atoms with Crippen LogP contribution in [0.3, 0.4) is 0 Å². The van der Waals surface area contributed by atoms with E-state index in [0.29, 0.717) is 23.8 Å². The molecule has 1 aromatic heterocycles. The summed E-state index contributed by atoms with van der Waals surface area (Å²) in [5.41, 5.74) is 1.96. The van der Waals surface area contributed by atoms with Gasteiger partial charge >= 0.3 is 5.97 Å². The minimum Gasteiger partial charge on any atom is -0.462 e. The van der Waals surface area contributed by atoms with Crippen molar-refractivity contribution in [2.24, 2.45) is 7.05 Å². The molecule has 2 aromatic rings. The van der Waals surface area contributed by atoms with Crippen molar-refractivity contribution in [1.29, 1.82) is 0 Å². The molecule has 3 rings (SSSR count). The van der Waals surface area contributed by atoms with Gasteiger partial charge in [0.05, 0.1) is 24.1 Å². The van der Waals surface area contributed by atoms with Crippen LogP contribution in [-0.4, -0.2) is 53.4 Å². The first-order valence-corrected chi connectivity index (χ1v) is 9.70. The number of ether oxygens (including phenoxy) is 1. The fourth-order valence-electron chi connectivity index (χ4n) is 3.60. The van der Waals surface area contributed by atoms with Crippen LogP contribution in [0.15, 0.2) is 35.3 Å². The highest BCUT2D eigenvalue weighted by Crippen LogP contribution is 2.29. The van der Waals surface area contributed by atoms with Gasteiger partial charge in [0.15, 0.2) is 0 Å². The highest BCUT2D eigenvalue weighted by atomic mass is 35.5. The van der Waals surface area contributed by atoms with Gasteiger partial charge in [-0.05, 0) is 44.0 Å². The Kier molecular flexibility index (Phi) is 6.36. The average molecular weight is 405 g/mol. The number of benzene rings is 1. The molecule has 0 saturated carbocycles. The molecule has 0 bridgehead atoms. The van der Waals surface area contributed by atoms with E-state index in [4.69, 9.17) is 16.3 Å². The SMILES string of the molecule is CCOC(=O)c1ccc(C2C[C@@H](Nc3cnn(C)c(=O)c3Cl)CN(C)C2)cc1. The Hall–Kier alpha value is -2.38. The van der Waals surface area contributed by atoms with Crippen LogP contribution in [0, 0.1) is 0 Å². The van der Waals surface area contributed by atoms with Gasteiger partial charge in [0.1, 0.15) is 5.02 Å². The lowest BCUT2D eigenvalue weighted by molar-refractivity contribution is 0.0526. The largest absolute Gasteiger partial charge is 0.462 e. The van der Waals surface area contributed by atoms with Crippen molar-refractivity contribution in [3.8, 4) is 0 Å². The number of carbonyl (C=O) groups is 1. The number of piperidine rings is 1. The Labute approximate surface area is 169 Å². The molecular weight excluding hydrogens is 380 g/mol. The summed E-state index contributed by atoms with van der Waals surface area (Å²) in [4.78, 5) is 26.1. The van der Waals surface area contributed by atoms with Crippen LogP contribution in [0.25, 0.3) is 0 Å². The molecule has 0 radical (unpaired) electrons. The second-order valence-corrected chi connectivity index (χ2v) is 7.52. The smallest absolute Gasteiger partial charge is 0.338 e. The standard InChI is InChI=1S/C20H25ClN4O3/c1-4-28-20(27)14-7-5-13(6-8-14)15-9-16(12-24(2)11-15)23-17-10-22-25(3)19(26)18(17)21/h5-8,10,15-16,23H,4,9,11-12H2,1-3H3/t15?,16-/m1/s1. The van der Waals surface area contributed by atoms with Crippen LogP contribution in [0.5, 0.6) is 0 Å². The minimum absolute atomic E-state index is 0.125. The minimum atomic E-state index is -0.318. The fourth-order valence-corrected chi connectivity index (χ4v) is 3.83. The molecule has 1 aromatic carbocycles. The number of aryl methyl sites for hydroxylation is 1. The number of halogens is 1. The van der Waals surface area contributed by atoms with Gasteiger partial charge in [-0.25, -0.2) is 9.48 Å². The van der Waals surface area contributed by atoms with E-state index in [1.54, 1.807) is 20.2 Å². The quantitative estimate of drug-likeness (QED) is 0.771. The van der Waals surface area contributed by atoms with Gasteiger partial charge in [-0.3, -0.25) is 4.79 Å². The van der Waals surface area contributed by atoms with Gasteiger partial charge in [-0.1, -0.05) is 23.7 Å². The van der Waals surface area contributed by atoms with Gasteiger partial charge < -0.3 is 15.0 Å². The van der Waals surface area contributed by atoms with E-state index >= 15 is 0 Å². The third-order valence-electron chi connectivity index (χ3n) is 4.96. The lowest BCUT2D eigenvalue weighted by atomic mass is 9.88. The lowest BCUT2D eigenvalue weighted by Crippen LogP contribution is -2.43. The summed E-state index contributed by atoms with van der Waals surface area (Å²) in [6.45, 7) is 3.91. The molecule has 2 heterocycles. The van der Waals surface area contributed by atoms with Gasteiger partial charge in [-0.2, -0.15) is 5.10 Å². The molecule has 28 heavy (non-hydrogen) atoms. The number of aromatic nitrogens is 2. The summed E-state index contributed by atoms with van der Waals surface area (Å²) in [5.74, 6) is -0.00655. The number of nitrogens with zero attached hydrogens (tertiary/aromatic N) is 3. The zero-order valence-electron chi connectivity index (χ0n) is 16.3. The summed E-state index contributed by atoms with van der Waals surface area (Å²) in [6.07, 6.45) is 2.47. The molecule has 0 aliphatic carbocycles. The molecule has 8 heteroatoms. The van der Waals surface area contributed by atoms with Crippen molar-refractivity contribution in [3.63, 3.8) is 0 Å². The van der Waals surface area contributed by atoms with Crippen molar-refractivity contribution in [2.45, 2.75) is 25.3 Å². The number of nitrogens with one attached hydrogen (secondary N) is 1. The van der Waals surface area contributed by atoms with E-state index in [1.807, 2.05) is 24.3 Å². The van der Waals surface area contributed by atoms with Crippen molar-refractivity contribution >= 4 is 23.3 Å². The predicted molar refractivity (Wildman–Crippen MR) is 109 cm³/mol. The summed E-state index contributed by atoms with van der Waals surface area (Å²) in [5, 5.41) is 7.57. The molecule has 0 amide bonds. The summed E-state index contributed by atoms with van der Waals surface area (Å²) < 4.78 is 6.26. The molecule has 7 nitrogen and oxygen atoms in total. The average Bonchev–Trinajstić information content (AvgIpc) is 2.68. The monoisotopic (exact) mass is 404 g/mol. The summed E-state index contributed by atoms with van der Waals surface area (Å²) in [6, 6.07) is 7.72. The lowest BCUT2D eigenvalue weighted by Gasteiger charge is -2.36. The summed E-state index contributed by atoms with van der Waals surface area (Å²) >= 11 is 6.19. The first-order valence-electron chi connectivity index (χ1n) is 9.33. The van der Waals surface area contributed by atoms with E-state index < -0.39 is 0 Å². The number of rotatable bonds is 5. The number of carbonyl (C=O) groups excluding carboxylic acids is 1. The molecule has 150 valence electrons. The van der Waals surface area contributed by atoms with Gasteiger partial charge in [0.2, 0.25) is 0 Å². The van der Waals surface area contributed by atoms with Crippen molar-refractivity contribution in [3.05, 3.63) is 57.0 Å². The number of hydrogen-bond acceptors (Lipinski definition) is 6. The third kappa shape index (κ3) is 4.54. The van der Waals surface area contributed by atoms with E-state index in [2.05, 4.69) is 22.4 Å². The van der Waals surface area contributed by atoms with E-state index in [0.717, 1.165) is 19.5 Å². The molecule has 2 atom stereocenters. The number of esters is 1. The fraction of sp³-hybridized carbons (Fsp3) is 0.450. The van der Waals surface area contributed by atoms with E-state index in [-0.39, 0.29) is 22.6 Å². The zero-order valence-corrected chi connectivity index (χ0v) is 17.1. The molecule has 1 aliphatic heterocycles. The van der Waals surface area contributed by atoms with Gasteiger partial charge in [0.25, 0.3) is 5.56 Å². The Balaban J connectivity index is 1.73. The maximum Gasteiger partial charge on any atom is 0.338 e. The Morgan fingerprint density at radius 1 is 1.29 bits per heavy atom. The predicted octanol–water partition coefficient (Wildman–Crippen LogP) is 2.51. The van der Waals surface area contributed by atoms with Crippen molar-refractivity contribution in [2.75, 3.05) is 32.1 Å². The molecular formula is C20H25ClN4O3. The summed E-state index contributed by atoms with van der Waals surface area (Å²) in [7, 11) is 3.64.